The van der Waals surface area contributed by atoms with Gasteiger partial charge < -0.3 is 9.64 Å². The molecular weight excluding hydrogens is 382 g/mol. The molecular formula is C24H24ClN3O. The van der Waals surface area contributed by atoms with Crippen LogP contribution in [0, 0.1) is 0 Å². The summed E-state index contributed by atoms with van der Waals surface area (Å²) in [5, 5.41) is 7.53. The van der Waals surface area contributed by atoms with E-state index in [9.17, 15) is 0 Å². The lowest BCUT2D eigenvalue weighted by Gasteiger charge is -2.34. The van der Waals surface area contributed by atoms with Crippen molar-refractivity contribution in [3.63, 3.8) is 0 Å². The Labute approximate surface area is 177 Å². The molecule has 0 atom stereocenters. The average molecular weight is 406 g/mol. The van der Waals surface area contributed by atoms with Gasteiger partial charge in [-0.25, -0.2) is 0 Å². The van der Waals surface area contributed by atoms with Crippen LogP contribution in [0.25, 0.3) is 0 Å². The van der Waals surface area contributed by atoms with Crippen LogP contribution in [0.4, 0.5) is 5.69 Å². The molecule has 1 heterocycles. The quantitative estimate of drug-likeness (QED) is 0.535. The lowest BCUT2D eigenvalue weighted by Crippen LogP contribution is -2.44. The predicted octanol–water partition coefficient (Wildman–Crippen LogP) is 5.08. The van der Waals surface area contributed by atoms with Gasteiger partial charge in [0.05, 0.1) is 19.3 Å². The first-order valence-corrected chi connectivity index (χ1v) is 10.2. The van der Waals surface area contributed by atoms with E-state index in [-0.39, 0.29) is 0 Å². The zero-order valence-electron chi connectivity index (χ0n) is 16.2. The zero-order valence-corrected chi connectivity index (χ0v) is 17.0. The molecule has 3 aromatic rings. The molecule has 0 amide bonds. The van der Waals surface area contributed by atoms with Crippen LogP contribution in [0.1, 0.15) is 11.1 Å². The number of halogens is 1. The van der Waals surface area contributed by atoms with Crippen molar-refractivity contribution in [3.8, 4) is 5.75 Å². The fourth-order valence-corrected chi connectivity index (χ4v) is 3.39. The monoisotopic (exact) mass is 405 g/mol. The minimum Gasteiger partial charge on any atom is -0.489 e. The summed E-state index contributed by atoms with van der Waals surface area (Å²) in [4.78, 5) is 2.36. The predicted molar refractivity (Wildman–Crippen MR) is 120 cm³/mol. The Morgan fingerprint density at radius 1 is 0.828 bits per heavy atom. The summed E-state index contributed by atoms with van der Waals surface area (Å²) in [5.41, 5.74) is 3.44. The molecule has 1 fully saturated rings. The van der Waals surface area contributed by atoms with Crippen LogP contribution in [0.3, 0.4) is 0 Å². The number of benzene rings is 3. The second kappa shape index (κ2) is 9.48. The van der Waals surface area contributed by atoms with E-state index in [1.165, 1.54) is 5.69 Å². The standard InChI is InChI=1S/C24H24ClN3O/c25-22-8-10-23(11-9-22)27-14-16-28(17-15-27)26-18-20-6-12-24(13-7-20)29-19-21-4-2-1-3-5-21/h1-13,18H,14-17,19H2/b26-18-. The molecule has 148 valence electrons. The maximum Gasteiger partial charge on any atom is 0.119 e. The lowest BCUT2D eigenvalue weighted by molar-refractivity contribution is 0.272. The van der Waals surface area contributed by atoms with Crippen molar-refractivity contribution < 1.29 is 4.74 Å². The van der Waals surface area contributed by atoms with E-state index in [1.807, 2.05) is 60.8 Å². The molecule has 4 rings (SSSR count). The highest BCUT2D eigenvalue weighted by atomic mass is 35.5. The number of hydrogen-bond donors (Lipinski definition) is 0. The molecule has 3 aromatic carbocycles. The fraction of sp³-hybridized carbons (Fsp3) is 0.208. The normalized spacial score (nSPS) is 14.4. The van der Waals surface area contributed by atoms with Gasteiger partial charge in [-0.2, -0.15) is 5.10 Å². The van der Waals surface area contributed by atoms with Crippen LogP contribution in [0.15, 0.2) is 84.0 Å². The summed E-state index contributed by atoms with van der Waals surface area (Å²) in [6, 6.07) is 26.2. The van der Waals surface area contributed by atoms with Gasteiger partial charge >= 0.3 is 0 Å². The van der Waals surface area contributed by atoms with Crippen LogP contribution in [0.2, 0.25) is 5.02 Å². The zero-order chi connectivity index (χ0) is 19.9. The first kappa shape index (κ1) is 19.3. The van der Waals surface area contributed by atoms with Crippen LogP contribution >= 0.6 is 11.6 Å². The third-order valence-electron chi connectivity index (χ3n) is 4.95. The highest BCUT2D eigenvalue weighted by Gasteiger charge is 2.15. The summed E-state index contributed by atoms with van der Waals surface area (Å²) >= 11 is 5.97. The average Bonchev–Trinajstić information content (AvgIpc) is 2.79. The van der Waals surface area contributed by atoms with E-state index >= 15 is 0 Å². The largest absolute Gasteiger partial charge is 0.489 e. The molecule has 0 aromatic heterocycles. The molecule has 0 aliphatic carbocycles. The summed E-state index contributed by atoms with van der Waals surface area (Å²) in [5.74, 6) is 0.864. The number of nitrogens with zero attached hydrogens (tertiary/aromatic N) is 3. The summed E-state index contributed by atoms with van der Waals surface area (Å²) in [6.45, 7) is 4.28. The van der Waals surface area contributed by atoms with E-state index in [0.717, 1.165) is 48.1 Å². The molecule has 0 bridgehead atoms. The van der Waals surface area contributed by atoms with Crippen molar-refractivity contribution in [2.75, 3.05) is 31.1 Å². The van der Waals surface area contributed by atoms with Crippen molar-refractivity contribution in [3.05, 3.63) is 95.0 Å². The third kappa shape index (κ3) is 5.52. The number of piperazine rings is 1. The van der Waals surface area contributed by atoms with Gasteiger partial charge in [0, 0.05) is 23.8 Å². The van der Waals surface area contributed by atoms with Gasteiger partial charge in [-0.15, -0.1) is 0 Å². The van der Waals surface area contributed by atoms with E-state index < -0.39 is 0 Å². The molecule has 4 nitrogen and oxygen atoms in total. The van der Waals surface area contributed by atoms with E-state index in [4.69, 9.17) is 16.3 Å². The molecule has 5 heteroatoms. The third-order valence-corrected chi connectivity index (χ3v) is 5.20. The molecule has 0 unspecified atom stereocenters. The Morgan fingerprint density at radius 2 is 1.52 bits per heavy atom. The van der Waals surface area contributed by atoms with E-state index in [1.54, 1.807) is 0 Å². The number of hydrogen-bond acceptors (Lipinski definition) is 4. The van der Waals surface area contributed by atoms with Crippen LogP contribution in [-0.2, 0) is 6.61 Å². The Balaban J connectivity index is 1.25. The molecule has 0 saturated carbocycles. The molecule has 1 saturated heterocycles. The van der Waals surface area contributed by atoms with Gasteiger partial charge in [-0.3, -0.25) is 5.01 Å². The Morgan fingerprint density at radius 3 is 2.21 bits per heavy atom. The van der Waals surface area contributed by atoms with Gasteiger partial charge in [0.15, 0.2) is 0 Å². The number of anilines is 1. The molecule has 1 aliphatic heterocycles. The minimum absolute atomic E-state index is 0.576. The lowest BCUT2D eigenvalue weighted by atomic mass is 10.2. The molecule has 0 spiro atoms. The van der Waals surface area contributed by atoms with Crippen molar-refractivity contribution in [2.24, 2.45) is 5.10 Å². The van der Waals surface area contributed by atoms with Gasteiger partial charge in [-0.05, 0) is 59.7 Å². The molecule has 29 heavy (non-hydrogen) atoms. The summed E-state index contributed by atoms with van der Waals surface area (Å²) < 4.78 is 5.83. The summed E-state index contributed by atoms with van der Waals surface area (Å²) in [7, 11) is 0. The molecule has 1 aliphatic rings. The second-order valence-corrected chi connectivity index (χ2v) is 7.44. The van der Waals surface area contributed by atoms with Crippen molar-refractivity contribution in [1.29, 1.82) is 0 Å². The van der Waals surface area contributed by atoms with Gasteiger partial charge in [-0.1, -0.05) is 41.9 Å². The van der Waals surface area contributed by atoms with Gasteiger partial charge in [0.2, 0.25) is 0 Å². The first-order valence-electron chi connectivity index (χ1n) is 9.82. The van der Waals surface area contributed by atoms with Crippen molar-refractivity contribution in [1.82, 2.24) is 5.01 Å². The SMILES string of the molecule is Clc1ccc(N2CCN(/N=C\c3ccc(OCc4ccccc4)cc3)CC2)cc1. The highest BCUT2D eigenvalue weighted by Crippen LogP contribution is 2.19. The van der Waals surface area contributed by atoms with Crippen LogP contribution in [-0.4, -0.2) is 37.4 Å². The topological polar surface area (TPSA) is 28.1 Å². The van der Waals surface area contributed by atoms with Gasteiger partial charge in [0.1, 0.15) is 12.4 Å². The molecule has 0 radical (unpaired) electrons. The highest BCUT2D eigenvalue weighted by molar-refractivity contribution is 6.30. The number of rotatable bonds is 6. The number of ether oxygens (including phenoxy) is 1. The first-order chi connectivity index (χ1) is 14.3. The van der Waals surface area contributed by atoms with E-state index in [0.29, 0.717) is 6.61 Å². The van der Waals surface area contributed by atoms with Crippen LogP contribution in [0.5, 0.6) is 5.75 Å². The Hall–Kier alpha value is -2.98. The maximum atomic E-state index is 5.97. The fourth-order valence-electron chi connectivity index (χ4n) is 3.26. The maximum absolute atomic E-state index is 5.97. The van der Waals surface area contributed by atoms with Gasteiger partial charge in [0.25, 0.3) is 0 Å². The molecule has 0 N–H and O–H groups in total. The van der Waals surface area contributed by atoms with Crippen LogP contribution < -0.4 is 9.64 Å². The number of hydrazone groups is 1. The Bertz CT molecular complexity index is 919. The van der Waals surface area contributed by atoms with Crippen molar-refractivity contribution in [2.45, 2.75) is 6.61 Å². The smallest absolute Gasteiger partial charge is 0.119 e. The second-order valence-electron chi connectivity index (χ2n) is 7.01. The van der Waals surface area contributed by atoms with Crippen molar-refractivity contribution >= 4 is 23.5 Å². The Kier molecular flexibility index (Phi) is 6.32. The summed E-state index contributed by atoms with van der Waals surface area (Å²) in [6.07, 6.45) is 1.92. The minimum atomic E-state index is 0.576. The van der Waals surface area contributed by atoms with E-state index in [2.05, 4.69) is 39.3 Å².